The molecule has 0 saturated heterocycles. The van der Waals surface area contributed by atoms with Crippen molar-refractivity contribution >= 4 is 0 Å². The van der Waals surface area contributed by atoms with Gasteiger partial charge >= 0.3 is 0 Å². The van der Waals surface area contributed by atoms with Crippen molar-refractivity contribution in [3.8, 4) is 12.3 Å². The molecular weight excluding hydrogens is 148 g/mol. The van der Waals surface area contributed by atoms with Gasteiger partial charge in [-0.1, -0.05) is 0 Å². The highest BCUT2D eigenvalue weighted by Crippen LogP contribution is 2.38. The summed E-state index contributed by atoms with van der Waals surface area (Å²) in [7, 11) is 0. The zero-order chi connectivity index (χ0) is 9.03. The van der Waals surface area contributed by atoms with Gasteiger partial charge in [-0.2, -0.15) is 0 Å². The minimum Gasteiger partial charge on any atom is -0.329 e. The van der Waals surface area contributed by atoms with E-state index in [1.54, 1.807) is 0 Å². The lowest BCUT2D eigenvalue weighted by Crippen LogP contribution is -2.50. The van der Waals surface area contributed by atoms with Crippen LogP contribution in [0.25, 0.3) is 0 Å². The number of terminal acetylenes is 1. The molecule has 1 saturated carbocycles. The van der Waals surface area contributed by atoms with E-state index in [1.165, 1.54) is 12.8 Å². The van der Waals surface area contributed by atoms with Crippen molar-refractivity contribution in [1.29, 1.82) is 0 Å². The van der Waals surface area contributed by atoms with Gasteiger partial charge in [0, 0.05) is 25.0 Å². The molecule has 0 spiro atoms. The first-order valence-electron chi connectivity index (χ1n) is 4.61. The van der Waals surface area contributed by atoms with E-state index in [9.17, 15) is 0 Å². The van der Waals surface area contributed by atoms with Gasteiger partial charge in [0.25, 0.3) is 0 Å². The summed E-state index contributed by atoms with van der Waals surface area (Å²) in [4.78, 5) is 0. The van der Waals surface area contributed by atoms with Crippen LogP contribution in [0.1, 0.15) is 26.2 Å². The third kappa shape index (κ3) is 2.23. The molecule has 68 valence electrons. The van der Waals surface area contributed by atoms with Crippen molar-refractivity contribution < 1.29 is 0 Å². The first-order valence-corrected chi connectivity index (χ1v) is 4.61. The van der Waals surface area contributed by atoms with Gasteiger partial charge in [-0.05, 0) is 25.7 Å². The molecule has 1 rings (SSSR count). The number of nitrogens with two attached hydrogens (primary N) is 1. The molecule has 1 fully saturated rings. The van der Waals surface area contributed by atoms with E-state index >= 15 is 0 Å². The second kappa shape index (κ2) is 3.93. The highest BCUT2D eigenvalue weighted by molar-refractivity contribution is 4.99. The summed E-state index contributed by atoms with van der Waals surface area (Å²) in [5.41, 5.74) is 5.85. The fourth-order valence-corrected chi connectivity index (χ4v) is 1.52. The Labute approximate surface area is 74.9 Å². The van der Waals surface area contributed by atoms with E-state index in [0.717, 1.165) is 18.9 Å². The molecule has 1 aliphatic carbocycles. The number of rotatable bonds is 5. The van der Waals surface area contributed by atoms with Crippen LogP contribution < -0.4 is 11.1 Å². The fraction of sp³-hybridized carbons (Fsp3) is 0.800. The Morgan fingerprint density at radius 3 is 2.75 bits per heavy atom. The van der Waals surface area contributed by atoms with Crippen LogP contribution in [0.15, 0.2) is 0 Å². The maximum atomic E-state index is 5.72. The van der Waals surface area contributed by atoms with Crippen LogP contribution in [-0.4, -0.2) is 18.6 Å². The normalized spacial score (nSPS) is 21.4. The minimum atomic E-state index is 0.136. The smallest absolute Gasteiger partial charge is 0.0304 e. The van der Waals surface area contributed by atoms with Gasteiger partial charge in [-0.25, -0.2) is 0 Å². The van der Waals surface area contributed by atoms with Crippen molar-refractivity contribution in [2.45, 2.75) is 31.7 Å². The molecule has 0 amide bonds. The third-order valence-corrected chi connectivity index (χ3v) is 2.70. The maximum Gasteiger partial charge on any atom is 0.0304 e. The van der Waals surface area contributed by atoms with Gasteiger partial charge in [-0.15, -0.1) is 12.3 Å². The molecule has 0 aromatic rings. The highest BCUT2D eigenvalue weighted by atomic mass is 15.0. The molecular formula is C10H18N2. The molecule has 0 bridgehead atoms. The summed E-state index contributed by atoms with van der Waals surface area (Å²) in [6, 6.07) is 0. The molecule has 0 heterocycles. The van der Waals surface area contributed by atoms with Crippen LogP contribution in [0.3, 0.4) is 0 Å². The molecule has 1 aliphatic rings. The largest absolute Gasteiger partial charge is 0.329 e. The highest BCUT2D eigenvalue weighted by Gasteiger charge is 2.39. The average molecular weight is 166 g/mol. The van der Waals surface area contributed by atoms with Crippen molar-refractivity contribution in [1.82, 2.24) is 5.32 Å². The van der Waals surface area contributed by atoms with Gasteiger partial charge < -0.3 is 11.1 Å². The number of nitrogens with one attached hydrogen (secondary N) is 1. The average Bonchev–Trinajstić information content (AvgIpc) is 2.87. The van der Waals surface area contributed by atoms with Crippen LogP contribution in [0.2, 0.25) is 0 Å². The second-order valence-corrected chi connectivity index (χ2v) is 3.78. The summed E-state index contributed by atoms with van der Waals surface area (Å²) in [6.45, 7) is 3.80. The minimum absolute atomic E-state index is 0.136. The Morgan fingerprint density at radius 2 is 2.33 bits per heavy atom. The lowest BCUT2D eigenvalue weighted by atomic mass is 9.96. The Balaban J connectivity index is 2.29. The molecule has 0 aromatic carbocycles. The van der Waals surface area contributed by atoms with Crippen LogP contribution in [0, 0.1) is 18.3 Å². The number of hydrogen-bond donors (Lipinski definition) is 2. The predicted octanol–water partition coefficient (Wildman–Crippen LogP) is 0.727. The first kappa shape index (κ1) is 9.57. The SMILES string of the molecule is C#CCCNC(C)(CN)C1CC1. The van der Waals surface area contributed by atoms with Gasteiger partial charge in [0.2, 0.25) is 0 Å². The molecule has 2 nitrogen and oxygen atoms in total. The second-order valence-electron chi connectivity index (χ2n) is 3.78. The molecule has 0 aromatic heterocycles. The quantitative estimate of drug-likeness (QED) is 0.466. The Morgan fingerprint density at radius 1 is 1.67 bits per heavy atom. The van der Waals surface area contributed by atoms with Crippen molar-refractivity contribution in [3.05, 3.63) is 0 Å². The molecule has 0 radical (unpaired) electrons. The summed E-state index contributed by atoms with van der Waals surface area (Å²) >= 11 is 0. The Bertz CT molecular complexity index is 179. The Hall–Kier alpha value is -0.520. The van der Waals surface area contributed by atoms with E-state index in [0.29, 0.717) is 6.54 Å². The van der Waals surface area contributed by atoms with Crippen molar-refractivity contribution in [2.24, 2.45) is 11.7 Å². The van der Waals surface area contributed by atoms with E-state index < -0.39 is 0 Å². The maximum absolute atomic E-state index is 5.72. The van der Waals surface area contributed by atoms with E-state index in [4.69, 9.17) is 12.2 Å². The van der Waals surface area contributed by atoms with Crippen LogP contribution in [-0.2, 0) is 0 Å². The lowest BCUT2D eigenvalue weighted by Gasteiger charge is -2.29. The predicted molar refractivity (Wildman–Crippen MR) is 51.6 cm³/mol. The van der Waals surface area contributed by atoms with Gasteiger partial charge in [0.1, 0.15) is 0 Å². The van der Waals surface area contributed by atoms with Gasteiger partial charge in [0.05, 0.1) is 0 Å². The van der Waals surface area contributed by atoms with Crippen LogP contribution in [0.4, 0.5) is 0 Å². The van der Waals surface area contributed by atoms with Gasteiger partial charge in [0.15, 0.2) is 0 Å². The standard InChI is InChI=1S/C10H18N2/c1-3-4-7-12-10(2,8-11)9-5-6-9/h1,9,12H,4-8,11H2,2H3. The zero-order valence-corrected chi connectivity index (χ0v) is 7.77. The summed E-state index contributed by atoms with van der Waals surface area (Å²) in [6.07, 6.45) is 8.60. The molecule has 0 aliphatic heterocycles. The summed E-state index contributed by atoms with van der Waals surface area (Å²) in [5, 5.41) is 3.44. The molecule has 3 N–H and O–H groups in total. The van der Waals surface area contributed by atoms with Crippen LogP contribution in [0.5, 0.6) is 0 Å². The number of hydrogen-bond acceptors (Lipinski definition) is 2. The Kier molecular flexibility index (Phi) is 3.13. The zero-order valence-electron chi connectivity index (χ0n) is 7.77. The van der Waals surface area contributed by atoms with E-state index in [2.05, 4.69) is 18.2 Å². The lowest BCUT2D eigenvalue weighted by molar-refractivity contribution is 0.323. The van der Waals surface area contributed by atoms with Crippen molar-refractivity contribution in [2.75, 3.05) is 13.1 Å². The molecule has 2 heteroatoms. The van der Waals surface area contributed by atoms with E-state index in [1.807, 2.05) is 0 Å². The molecule has 12 heavy (non-hydrogen) atoms. The van der Waals surface area contributed by atoms with Crippen LogP contribution >= 0.6 is 0 Å². The fourth-order valence-electron chi connectivity index (χ4n) is 1.52. The monoisotopic (exact) mass is 166 g/mol. The summed E-state index contributed by atoms with van der Waals surface area (Å²) in [5.74, 6) is 3.40. The molecule has 1 atom stereocenters. The van der Waals surface area contributed by atoms with E-state index in [-0.39, 0.29) is 5.54 Å². The van der Waals surface area contributed by atoms with Crippen molar-refractivity contribution in [3.63, 3.8) is 0 Å². The molecule has 1 unspecified atom stereocenters. The summed E-state index contributed by atoms with van der Waals surface area (Å²) < 4.78 is 0. The van der Waals surface area contributed by atoms with Gasteiger partial charge in [-0.3, -0.25) is 0 Å². The third-order valence-electron chi connectivity index (χ3n) is 2.70. The topological polar surface area (TPSA) is 38.0 Å². The first-order chi connectivity index (χ1) is 5.73.